The minimum Gasteiger partial charge on any atom is -0.496 e. The summed E-state index contributed by atoms with van der Waals surface area (Å²) >= 11 is 4.52. The van der Waals surface area contributed by atoms with Crippen LogP contribution < -0.4 is 47.7 Å². The number of carbonyl (C=O) groups is 9. The zero-order valence-corrected chi connectivity index (χ0v) is 37.0. The summed E-state index contributed by atoms with van der Waals surface area (Å²) in [5, 5.41) is 48.9. The van der Waals surface area contributed by atoms with E-state index >= 15 is 0 Å². The zero-order chi connectivity index (χ0) is 47.6. The molecule has 352 valence electrons. The molecule has 22 nitrogen and oxygen atoms in total. The number of hydrogen-bond donors (Lipinski definition) is 12. The summed E-state index contributed by atoms with van der Waals surface area (Å²) in [4.78, 5) is 125. The number of amides is 9. The number of aliphatic hydroxyl groups is 3. The Balaban J connectivity index is 2.01. The average Bonchev–Trinajstić information content (AvgIpc) is 3.66. The number of benzene rings is 1. The summed E-state index contributed by atoms with van der Waals surface area (Å²) in [5.41, 5.74) is 6.71. The molecule has 0 spiro atoms. The summed E-state index contributed by atoms with van der Waals surface area (Å²) < 4.78 is 5.61. The second kappa shape index (κ2) is 22.7. The van der Waals surface area contributed by atoms with Gasteiger partial charge in [0.2, 0.25) is 53.2 Å². The summed E-state index contributed by atoms with van der Waals surface area (Å²) in [5.74, 6) is -10.0. The van der Waals surface area contributed by atoms with E-state index in [9.17, 15) is 58.5 Å². The van der Waals surface area contributed by atoms with Gasteiger partial charge in [0.05, 0.1) is 45.4 Å². The van der Waals surface area contributed by atoms with Crippen molar-refractivity contribution in [3.8, 4) is 5.75 Å². The Hall–Kier alpha value is -5.78. The van der Waals surface area contributed by atoms with Crippen molar-refractivity contribution >= 4 is 71.4 Å². The SMILES string of the molecule is C=C1C[C@@H]2NC(=O)[C@H]([C@@H](C)[C@@H](O)CO)NC(=O)[C@@H]3C[C@@H](O)CN3C(=O)[C@H](CC(N)=O)NC(=O)[C@H](Cc3c1ccc(OC)c3CS)NC(=O)CNC(=O)C([C@@H](C)CC)NC(=O)CNC2=O. The molecule has 1 aromatic rings. The van der Waals surface area contributed by atoms with Crippen molar-refractivity contribution in [3.05, 3.63) is 35.4 Å². The van der Waals surface area contributed by atoms with E-state index in [0.717, 1.165) is 4.90 Å². The van der Waals surface area contributed by atoms with E-state index in [1.54, 1.807) is 26.0 Å². The predicted octanol–water partition coefficient (Wildman–Crippen LogP) is -4.37. The van der Waals surface area contributed by atoms with Gasteiger partial charge < -0.3 is 67.9 Å². The molecule has 1 saturated heterocycles. The van der Waals surface area contributed by atoms with Gasteiger partial charge in [-0.2, -0.15) is 12.6 Å². The van der Waals surface area contributed by atoms with Gasteiger partial charge in [0.1, 0.15) is 42.0 Å². The van der Waals surface area contributed by atoms with Crippen molar-refractivity contribution in [1.29, 1.82) is 0 Å². The Bertz CT molecular complexity index is 2000. The number of rotatable bonds is 9. The minimum absolute atomic E-state index is 0.0152. The summed E-state index contributed by atoms with van der Waals surface area (Å²) in [7, 11) is 1.38. The fourth-order valence-corrected chi connectivity index (χ4v) is 8.18. The molecule has 9 amide bonds. The highest BCUT2D eigenvalue weighted by Crippen LogP contribution is 2.34. The maximum Gasteiger partial charge on any atom is 0.246 e. The molecular formula is C41H59N9O13S. The molecule has 64 heavy (non-hydrogen) atoms. The second-order valence-corrected chi connectivity index (χ2v) is 16.5. The first-order chi connectivity index (χ1) is 30.2. The van der Waals surface area contributed by atoms with Crippen LogP contribution >= 0.6 is 12.6 Å². The smallest absolute Gasteiger partial charge is 0.246 e. The van der Waals surface area contributed by atoms with E-state index in [-0.39, 0.29) is 30.6 Å². The summed E-state index contributed by atoms with van der Waals surface area (Å²) in [6.45, 7) is 6.26. The largest absolute Gasteiger partial charge is 0.496 e. The number of methoxy groups -OCH3 is 1. The number of hydrogen-bond acceptors (Lipinski definition) is 14. The molecule has 1 aromatic carbocycles. The third-order valence-electron chi connectivity index (χ3n) is 11.7. The molecule has 0 radical (unpaired) electrons. The molecule has 3 aliphatic heterocycles. The van der Waals surface area contributed by atoms with Crippen LogP contribution in [0, 0.1) is 11.8 Å². The first kappa shape index (κ1) is 50.9. The lowest BCUT2D eigenvalue weighted by atomic mass is 9.88. The first-order valence-corrected chi connectivity index (χ1v) is 21.5. The molecular weight excluding hydrogens is 859 g/mol. The van der Waals surface area contributed by atoms with Crippen molar-refractivity contribution in [3.63, 3.8) is 0 Å². The standard InChI is InChI=1S/C41H59N9O13S/c1-6-18(2)34-39(60)44-13-32(55)45-26-11-23-22(7-8-30(63-5)24(23)17-64)19(3)9-25(36(57)43-14-33(56)48-34)46-40(61)35(20(4)29(53)16-51)49-38(59)28-10-21(52)15-50(28)41(62)27(12-31(42)54)47-37(26)58/h7-8,18,20-21,25-29,34-35,51-53,64H,3,6,9-17H2,1-2,4-5H3,(H2,42,54)(H,43,57)(H,44,60)(H,45,55)(H,46,61)(H,47,58)(H,48,56)(H,49,59)/t18-,20-,21+,25-,26-,27-,28-,29-,34?,35-/m0/s1. The highest BCUT2D eigenvalue weighted by molar-refractivity contribution is 7.79. The van der Waals surface area contributed by atoms with Crippen molar-refractivity contribution in [1.82, 2.24) is 42.1 Å². The summed E-state index contributed by atoms with van der Waals surface area (Å²) in [6.07, 6.45) is -4.47. The normalized spacial score (nSPS) is 27.2. The summed E-state index contributed by atoms with van der Waals surface area (Å²) in [6, 6.07) is -6.27. The molecule has 12 N–H and O–H groups in total. The van der Waals surface area contributed by atoms with E-state index in [0.29, 0.717) is 28.9 Å². The van der Waals surface area contributed by atoms with Gasteiger partial charge in [-0.3, -0.25) is 43.2 Å². The molecule has 23 heteroatoms. The number of primary amides is 1. The average molecular weight is 918 g/mol. The van der Waals surface area contributed by atoms with Crippen molar-refractivity contribution in [2.45, 2.75) is 107 Å². The van der Waals surface area contributed by atoms with Crippen LogP contribution in [0.25, 0.3) is 5.57 Å². The Labute approximate surface area is 375 Å². The van der Waals surface area contributed by atoms with E-state index in [2.05, 4.69) is 56.4 Å². The predicted molar refractivity (Wildman–Crippen MR) is 230 cm³/mol. The first-order valence-electron chi connectivity index (χ1n) is 20.8. The van der Waals surface area contributed by atoms with E-state index in [4.69, 9.17) is 10.5 Å². The monoisotopic (exact) mass is 917 g/mol. The van der Waals surface area contributed by atoms with Gasteiger partial charge in [-0.15, -0.1) is 0 Å². The number of carbonyl (C=O) groups excluding carboxylic acids is 9. The highest BCUT2D eigenvalue weighted by Gasteiger charge is 2.45. The Kier molecular flexibility index (Phi) is 18.1. The van der Waals surface area contributed by atoms with Crippen LogP contribution in [0.3, 0.4) is 0 Å². The topological polar surface area (TPSA) is 337 Å². The quantitative estimate of drug-likeness (QED) is 0.104. The molecule has 3 heterocycles. The van der Waals surface area contributed by atoms with Crippen LogP contribution in [-0.4, -0.2) is 155 Å². The van der Waals surface area contributed by atoms with E-state index in [1.165, 1.54) is 14.0 Å². The van der Waals surface area contributed by atoms with Crippen LogP contribution in [0.15, 0.2) is 18.7 Å². The van der Waals surface area contributed by atoms with E-state index in [1.807, 2.05) is 0 Å². The number of fused-ring (bicyclic) bond motifs is 4. The van der Waals surface area contributed by atoms with Gasteiger partial charge in [0.25, 0.3) is 0 Å². The van der Waals surface area contributed by atoms with Gasteiger partial charge in [0, 0.05) is 43.0 Å². The Morgan fingerprint density at radius 3 is 2.14 bits per heavy atom. The van der Waals surface area contributed by atoms with Gasteiger partial charge in [-0.1, -0.05) is 39.8 Å². The van der Waals surface area contributed by atoms with Crippen molar-refractivity contribution < 1.29 is 63.2 Å². The minimum atomic E-state index is -1.77. The molecule has 1 fully saturated rings. The third-order valence-corrected chi connectivity index (χ3v) is 12.0. The van der Waals surface area contributed by atoms with Crippen LogP contribution in [0.5, 0.6) is 5.75 Å². The number of thiol groups is 1. The third kappa shape index (κ3) is 12.5. The van der Waals surface area contributed by atoms with Gasteiger partial charge in [-0.25, -0.2) is 0 Å². The number of nitrogens with two attached hydrogens (primary N) is 1. The Morgan fingerprint density at radius 1 is 0.891 bits per heavy atom. The number of nitrogens with zero attached hydrogens (tertiary/aromatic N) is 1. The molecule has 3 aliphatic rings. The maximum absolute atomic E-state index is 14.5. The molecule has 0 aromatic heterocycles. The number of ether oxygens (including phenoxy) is 1. The lowest BCUT2D eigenvalue weighted by Gasteiger charge is -2.33. The lowest BCUT2D eigenvalue weighted by molar-refractivity contribution is -0.144. The van der Waals surface area contributed by atoms with Crippen LogP contribution in [-0.2, 0) is 55.3 Å². The van der Waals surface area contributed by atoms with E-state index < -0.39 is 146 Å². The van der Waals surface area contributed by atoms with Crippen LogP contribution in [0.1, 0.15) is 63.1 Å². The number of aliphatic hydroxyl groups excluding tert-OH is 3. The van der Waals surface area contributed by atoms with Gasteiger partial charge in [0.15, 0.2) is 0 Å². The zero-order valence-electron chi connectivity index (χ0n) is 36.1. The van der Waals surface area contributed by atoms with Crippen molar-refractivity contribution in [2.75, 3.05) is 33.4 Å². The lowest BCUT2D eigenvalue weighted by Crippen LogP contribution is -2.61. The Morgan fingerprint density at radius 2 is 1.53 bits per heavy atom. The molecule has 1 unspecified atom stereocenters. The molecule has 10 atom stereocenters. The fourth-order valence-electron chi connectivity index (χ4n) is 7.83. The van der Waals surface area contributed by atoms with Gasteiger partial charge >= 0.3 is 0 Å². The van der Waals surface area contributed by atoms with Crippen molar-refractivity contribution in [2.24, 2.45) is 17.6 Å². The molecule has 2 bridgehead atoms. The number of nitrogens with one attached hydrogen (secondary N) is 7. The molecule has 0 aliphatic carbocycles. The fraction of sp³-hybridized carbons (Fsp3) is 0.585. The molecule has 4 rings (SSSR count). The van der Waals surface area contributed by atoms with Crippen LogP contribution in [0.2, 0.25) is 0 Å². The maximum atomic E-state index is 14.5. The second-order valence-electron chi connectivity index (χ2n) is 16.2. The van der Waals surface area contributed by atoms with Crippen LogP contribution in [0.4, 0.5) is 0 Å². The molecule has 0 saturated carbocycles. The van der Waals surface area contributed by atoms with Gasteiger partial charge in [-0.05, 0) is 28.7 Å². The highest BCUT2D eigenvalue weighted by atomic mass is 32.1.